The molecule has 14 N–H and O–H groups in total. The molecule has 0 spiro atoms. The van der Waals surface area contributed by atoms with Crippen molar-refractivity contribution in [1.29, 1.82) is 0 Å². The van der Waals surface area contributed by atoms with E-state index in [-0.39, 0.29) is 172 Å². The lowest BCUT2D eigenvalue weighted by Gasteiger charge is -2.32. The fourth-order valence-corrected chi connectivity index (χ4v) is 9.37. The standard InChI is InChI=1S/C59H82N14O15/c1-2-46(75)61-22-24-66-59(87)69-58(60)65-20-9-14-45(56(85)67-35-40-15-17-43(74)18-16-40)68-57(86)51(41-10-4-3-5-11-41)42-12-8-13-44(34-42)88-33-7-6-19-63-52-53(55(84)54(52)83)64-23-21-62-47(76)36-70-25-27-71(37-48(77)78)29-31-73(39-50(81)82)32-30-72(28-26-70)38-49(79)80/h3-5,8,10-13,15-18,34,45,51,63-64,74H,2,6-7,9,14,19-33,35-39H2,1H3,(H,61,75)(H,62,76)(H,67,85)(H,68,86)(H,77,78)(H,79,80)(H,81,82)(H4,60,65,66,69,87)/t45-,51-/m1/s1. The van der Waals surface area contributed by atoms with Crippen molar-refractivity contribution < 1.29 is 63.5 Å². The molecular weight excluding hydrogens is 1140 g/mol. The molecule has 88 heavy (non-hydrogen) atoms. The van der Waals surface area contributed by atoms with E-state index in [1.165, 1.54) is 12.1 Å². The maximum Gasteiger partial charge on any atom is 0.321 e. The van der Waals surface area contributed by atoms with Crippen LogP contribution in [-0.4, -0.2) is 224 Å². The third-order valence-electron chi connectivity index (χ3n) is 14.0. The molecule has 4 aromatic carbocycles. The van der Waals surface area contributed by atoms with Crippen molar-refractivity contribution in [2.75, 3.05) is 135 Å². The van der Waals surface area contributed by atoms with Crippen LogP contribution in [0.15, 0.2) is 93.4 Å². The van der Waals surface area contributed by atoms with Crippen LogP contribution in [0, 0.1) is 0 Å². The zero-order chi connectivity index (χ0) is 63.8. The summed E-state index contributed by atoms with van der Waals surface area (Å²) < 4.78 is 6.13. The molecule has 29 nitrogen and oxygen atoms in total. The maximum atomic E-state index is 14.5. The van der Waals surface area contributed by atoms with Gasteiger partial charge in [0.05, 0.1) is 38.7 Å². The SMILES string of the molecule is CCC(=O)NCCNC(=O)NC(N)=NCCC[C@@H](NC(=O)[C@H](c1ccccc1)c1cccc(OCCCCNc2c(NCCNC(=O)CN3CCN(CC(=O)O)CCN(CC(=O)O)CCN(CC(=O)O)CC3)c(=O)c2=O)c1)C(=O)NCc1ccc(O)cc1. The first-order valence-electron chi connectivity index (χ1n) is 29.2. The van der Waals surface area contributed by atoms with E-state index in [0.29, 0.717) is 48.2 Å². The molecule has 0 aromatic heterocycles. The maximum absolute atomic E-state index is 14.5. The van der Waals surface area contributed by atoms with Crippen LogP contribution in [0.4, 0.5) is 16.2 Å². The molecule has 0 aliphatic carbocycles. The summed E-state index contributed by atoms with van der Waals surface area (Å²) in [6.07, 6.45) is 1.79. The third-order valence-corrected chi connectivity index (χ3v) is 14.0. The first-order valence-corrected chi connectivity index (χ1v) is 29.2. The van der Waals surface area contributed by atoms with Crippen LogP contribution in [0.3, 0.4) is 0 Å². The quantitative estimate of drug-likeness (QED) is 0.0117. The smallest absolute Gasteiger partial charge is 0.321 e. The van der Waals surface area contributed by atoms with Gasteiger partial charge in [0.1, 0.15) is 28.9 Å². The Morgan fingerprint density at radius 3 is 1.70 bits per heavy atom. The number of nitrogens with zero attached hydrogens (tertiary/aromatic N) is 5. The van der Waals surface area contributed by atoms with Crippen LogP contribution in [0.2, 0.25) is 0 Å². The van der Waals surface area contributed by atoms with Crippen molar-refractivity contribution in [2.45, 2.75) is 57.5 Å². The van der Waals surface area contributed by atoms with Crippen molar-refractivity contribution in [1.82, 2.24) is 51.5 Å². The number of hydrogen-bond donors (Lipinski definition) is 13. The van der Waals surface area contributed by atoms with E-state index in [9.17, 15) is 68.4 Å². The molecule has 2 atom stereocenters. The molecule has 4 aromatic rings. The van der Waals surface area contributed by atoms with Gasteiger partial charge in [-0.15, -0.1) is 0 Å². The summed E-state index contributed by atoms with van der Waals surface area (Å²) in [5.74, 6) is -5.19. The van der Waals surface area contributed by atoms with Gasteiger partial charge < -0.3 is 68.1 Å². The van der Waals surface area contributed by atoms with Gasteiger partial charge in [-0.2, -0.15) is 0 Å². The van der Waals surface area contributed by atoms with Gasteiger partial charge in [0, 0.05) is 105 Å². The Balaban J connectivity index is 1.11. The number of nitrogens with one attached hydrogen (secondary N) is 8. The van der Waals surface area contributed by atoms with Crippen molar-refractivity contribution in [3.8, 4) is 11.5 Å². The number of ether oxygens (including phenoxy) is 1. The number of nitrogens with two attached hydrogens (primary N) is 1. The number of carbonyl (C=O) groups is 8. The molecule has 0 saturated carbocycles. The summed E-state index contributed by atoms with van der Waals surface area (Å²) >= 11 is 0. The first kappa shape index (κ1) is 69.6. The second kappa shape index (κ2) is 37.4. The minimum absolute atomic E-state index is 0.0641. The summed E-state index contributed by atoms with van der Waals surface area (Å²) in [4.78, 5) is 136. The van der Waals surface area contributed by atoms with Crippen molar-refractivity contribution in [3.05, 3.63) is 116 Å². The monoisotopic (exact) mass is 1230 g/mol. The lowest BCUT2D eigenvalue weighted by Crippen LogP contribution is -2.50. The van der Waals surface area contributed by atoms with Crippen LogP contribution < -0.4 is 63.9 Å². The van der Waals surface area contributed by atoms with Gasteiger partial charge in [0.25, 0.3) is 10.9 Å². The van der Waals surface area contributed by atoms with Crippen LogP contribution in [0.1, 0.15) is 61.6 Å². The van der Waals surface area contributed by atoms with E-state index in [0.717, 1.165) is 0 Å². The van der Waals surface area contributed by atoms with Gasteiger partial charge in [0.2, 0.25) is 23.6 Å². The molecular formula is C59H82N14O15. The largest absolute Gasteiger partial charge is 0.508 e. The van der Waals surface area contributed by atoms with Crippen LogP contribution >= 0.6 is 0 Å². The Bertz CT molecular complexity index is 3000. The minimum atomic E-state index is -1.07. The summed E-state index contributed by atoms with van der Waals surface area (Å²) in [7, 11) is 0. The molecule has 478 valence electrons. The first-order chi connectivity index (χ1) is 42.3. The number of amides is 6. The summed E-state index contributed by atoms with van der Waals surface area (Å²) in [6.45, 7) is 4.03. The van der Waals surface area contributed by atoms with Gasteiger partial charge in [0.15, 0.2) is 5.96 Å². The van der Waals surface area contributed by atoms with Gasteiger partial charge >= 0.3 is 23.9 Å². The number of carboxylic acids is 3. The molecule has 1 aliphatic rings. The minimum Gasteiger partial charge on any atom is -0.508 e. The van der Waals surface area contributed by atoms with Crippen molar-refractivity contribution >= 4 is 64.9 Å². The number of aliphatic imine (C=N–C) groups is 1. The fourth-order valence-electron chi connectivity index (χ4n) is 9.37. The van der Waals surface area contributed by atoms with Crippen LogP contribution in [-0.2, 0) is 40.1 Å². The predicted octanol–water partition coefficient (Wildman–Crippen LogP) is -0.884. The van der Waals surface area contributed by atoms with Crippen LogP contribution in [0.25, 0.3) is 0 Å². The number of unbranched alkanes of at least 4 members (excludes halogenated alkanes) is 1. The second-order valence-electron chi connectivity index (χ2n) is 20.8. The van der Waals surface area contributed by atoms with Gasteiger partial charge in [-0.1, -0.05) is 61.5 Å². The molecule has 1 fully saturated rings. The average molecular weight is 1230 g/mol. The normalized spacial score (nSPS) is 14.6. The summed E-state index contributed by atoms with van der Waals surface area (Å²) in [6, 6.07) is 20.7. The van der Waals surface area contributed by atoms with E-state index in [2.05, 4.69) is 47.5 Å². The van der Waals surface area contributed by atoms with E-state index in [1.807, 2.05) is 6.07 Å². The number of anilines is 2. The molecule has 1 saturated heterocycles. The topological polar surface area (TPSA) is 408 Å². The van der Waals surface area contributed by atoms with E-state index < -0.39 is 58.6 Å². The Morgan fingerprint density at radius 2 is 1.12 bits per heavy atom. The van der Waals surface area contributed by atoms with E-state index in [4.69, 9.17) is 10.5 Å². The van der Waals surface area contributed by atoms with Crippen LogP contribution in [0.5, 0.6) is 11.5 Å². The number of benzene rings is 3. The highest BCUT2D eigenvalue weighted by atomic mass is 16.5. The highest BCUT2D eigenvalue weighted by Gasteiger charge is 2.29. The van der Waals surface area contributed by atoms with E-state index >= 15 is 0 Å². The molecule has 1 aliphatic heterocycles. The van der Waals surface area contributed by atoms with Crippen molar-refractivity contribution in [2.24, 2.45) is 10.7 Å². The number of urea groups is 1. The third kappa shape index (κ3) is 25.4. The average Bonchev–Trinajstić information content (AvgIpc) is 2.12. The molecule has 0 bridgehead atoms. The second-order valence-corrected chi connectivity index (χ2v) is 20.8. The number of carboxylic acid groups (broad SMARTS) is 3. The number of phenolic OH excluding ortho intramolecular Hbond substituents is 1. The zero-order valence-electron chi connectivity index (χ0n) is 49.4. The Hall–Kier alpha value is -9.19. The molecule has 6 amide bonds. The lowest BCUT2D eigenvalue weighted by atomic mass is 9.90. The summed E-state index contributed by atoms with van der Waals surface area (Å²) in [5.41, 5.74) is 6.70. The Kier molecular flexibility index (Phi) is 29.6. The summed E-state index contributed by atoms with van der Waals surface area (Å²) in [5, 5.41) is 60.4. The molecule has 1 heterocycles. The van der Waals surface area contributed by atoms with Gasteiger partial charge in [-0.3, -0.25) is 73.1 Å². The lowest BCUT2D eigenvalue weighted by molar-refractivity contribution is -0.140. The highest BCUT2D eigenvalue weighted by molar-refractivity contribution is 5.95. The molecule has 29 heteroatoms. The fraction of sp³-hybridized carbons (Fsp3) is 0.475. The zero-order valence-corrected chi connectivity index (χ0v) is 49.4. The molecule has 0 radical (unpaired) electrons. The number of phenols is 1. The van der Waals surface area contributed by atoms with Gasteiger partial charge in [-0.25, -0.2) is 4.79 Å². The molecule has 0 unspecified atom stereocenters. The van der Waals surface area contributed by atoms with E-state index in [1.54, 1.807) is 87.2 Å². The Labute approximate surface area is 509 Å². The number of hydrogen-bond acceptors (Lipinski definition) is 19. The van der Waals surface area contributed by atoms with Crippen molar-refractivity contribution in [3.63, 3.8) is 0 Å². The number of aromatic hydroxyl groups is 1. The number of rotatable bonds is 34. The molecule has 5 rings (SSSR count). The predicted molar refractivity (Wildman–Crippen MR) is 327 cm³/mol. The number of guanidine groups is 1. The number of aliphatic carboxylic acids is 3. The number of carbonyl (C=O) groups excluding carboxylic acids is 5. The van der Waals surface area contributed by atoms with Gasteiger partial charge in [-0.05, 0) is 66.6 Å². The Morgan fingerprint density at radius 1 is 0.591 bits per heavy atom. The highest BCUT2D eigenvalue weighted by Crippen LogP contribution is 2.28.